The molecule has 1 saturated carbocycles. The molecule has 1 aromatic heterocycles. The Hall–Kier alpha value is -1.04. The van der Waals surface area contributed by atoms with Crippen molar-refractivity contribution in [1.29, 1.82) is 0 Å². The Bertz CT molecular complexity index is 399. The molecule has 17 heavy (non-hydrogen) atoms. The van der Waals surface area contributed by atoms with Gasteiger partial charge in [0, 0.05) is 24.3 Å². The molecule has 0 amide bonds. The lowest BCUT2D eigenvalue weighted by Crippen LogP contribution is -2.44. The van der Waals surface area contributed by atoms with Crippen LogP contribution in [0.2, 0.25) is 0 Å². The van der Waals surface area contributed by atoms with Crippen molar-refractivity contribution in [2.24, 2.45) is 18.7 Å². The summed E-state index contributed by atoms with van der Waals surface area (Å²) in [5.41, 5.74) is 5.95. The van der Waals surface area contributed by atoms with Crippen LogP contribution in [0.15, 0.2) is 12.4 Å². The highest BCUT2D eigenvalue weighted by Gasteiger charge is 2.47. The predicted octanol–water partition coefficient (Wildman–Crippen LogP) is 2.33. The molecular formula is C11H16F3N3. The summed E-state index contributed by atoms with van der Waals surface area (Å²) in [5, 5.41) is 3.98. The molecule has 1 aliphatic carbocycles. The van der Waals surface area contributed by atoms with Crippen LogP contribution in [0, 0.1) is 5.92 Å². The average molecular weight is 247 g/mol. The lowest BCUT2D eigenvalue weighted by Gasteiger charge is -2.38. The van der Waals surface area contributed by atoms with Gasteiger partial charge in [-0.1, -0.05) is 6.42 Å². The van der Waals surface area contributed by atoms with Gasteiger partial charge in [-0.2, -0.15) is 18.3 Å². The Kier molecular flexibility index (Phi) is 2.93. The Balaban J connectivity index is 2.21. The van der Waals surface area contributed by atoms with Crippen molar-refractivity contribution in [3.8, 4) is 0 Å². The zero-order valence-corrected chi connectivity index (χ0v) is 9.67. The Morgan fingerprint density at radius 3 is 2.76 bits per heavy atom. The highest BCUT2D eigenvalue weighted by atomic mass is 19.4. The summed E-state index contributed by atoms with van der Waals surface area (Å²) in [6.07, 6.45) is 0.372. The summed E-state index contributed by atoms with van der Waals surface area (Å²) in [6, 6.07) is 0. The van der Waals surface area contributed by atoms with E-state index in [0.29, 0.717) is 18.4 Å². The van der Waals surface area contributed by atoms with Crippen LogP contribution in [0.5, 0.6) is 0 Å². The smallest absolute Gasteiger partial charge is 0.321 e. The van der Waals surface area contributed by atoms with Crippen molar-refractivity contribution < 1.29 is 13.2 Å². The van der Waals surface area contributed by atoms with E-state index in [0.717, 1.165) is 0 Å². The lowest BCUT2D eigenvalue weighted by atomic mass is 9.73. The second kappa shape index (κ2) is 4.01. The molecule has 0 saturated heterocycles. The van der Waals surface area contributed by atoms with Gasteiger partial charge in [-0.3, -0.25) is 4.68 Å². The van der Waals surface area contributed by atoms with Crippen LogP contribution in [-0.4, -0.2) is 16.0 Å². The molecule has 1 aromatic rings. The topological polar surface area (TPSA) is 43.8 Å². The third kappa shape index (κ3) is 2.46. The number of rotatable bonds is 1. The highest BCUT2D eigenvalue weighted by molar-refractivity contribution is 5.19. The maximum absolute atomic E-state index is 12.7. The van der Waals surface area contributed by atoms with Gasteiger partial charge in [0.05, 0.1) is 12.1 Å². The van der Waals surface area contributed by atoms with E-state index in [1.54, 1.807) is 24.1 Å². The van der Waals surface area contributed by atoms with E-state index < -0.39 is 17.6 Å². The van der Waals surface area contributed by atoms with Crippen LogP contribution in [-0.2, 0) is 12.6 Å². The first-order valence-electron chi connectivity index (χ1n) is 5.66. The lowest BCUT2D eigenvalue weighted by molar-refractivity contribution is -0.187. The predicted molar refractivity (Wildman–Crippen MR) is 57.1 cm³/mol. The summed E-state index contributed by atoms with van der Waals surface area (Å²) in [5.74, 6) is -1.29. The van der Waals surface area contributed by atoms with E-state index in [9.17, 15) is 13.2 Å². The number of aryl methyl sites for hydroxylation is 1. The largest absolute Gasteiger partial charge is 0.391 e. The zero-order valence-electron chi connectivity index (χ0n) is 9.67. The fourth-order valence-electron chi connectivity index (χ4n) is 2.53. The summed E-state index contributed by atoms with van der Waals surface area (Å²) in [4.78, 5) is 0. The maximum atomic E-state index is 12.7. The third-order valence-electron chi connectivity index (χ3n) is 3.53. The molecule has 0 radical (unpaired) electrons. The first kappa shape index (κ1) is 12.4. The van der Waals surface area contributed by atoms with E-state index >= 15 is 0 Å². The van der Waals surface area contributed by atoms with E-state index in [2.05, 4.69) is 5.10 Å². The minimum atomic E-state index is -4.15. The Labute approximate surface area is 97.8 Å². The van der Waals surface area contributed by atoms with Gasteiger partial charge < -0.3 is 5.73 Å². The summed E-state index contributed by atoms with van der Waals surface area (Å²) < 4.78 is 39.8. The Morgan fingerprint density at radius 2 is 2.24 bits per heavy atom. The minimum Gasteiger partial charge on any atom is -0.321 e. The summed E-state index contributed by atoms with van der Waals surface area (Å²) in [6.45, 7) is 0. The molecule has 0 bridgehead atoms. The Morgan fingerprint density at radius 1 is 1.53 bits per heavy atom. The molecule has 0 spiro atoms. The third-order valence-corrected chi connectivity index (χ3v) is 3.53. The molecule has 2 N–H and O–H groups in total. The van der Waals surface area contributed by atoms with Gasteiger partial charge in [0.1, 0.15) is 0 Å². The molecule has 0 aliphatic heterocycles. The van der Waals surface area contributed by atoms with Gasteiger partial charge in [0.2, 0.25) is 0 Å². The minimum absolute atomic E-state index is 0.0395. The van der Waals surface area contributed by atoms with Crippen LogP contribution < -0.4 is 5.73 Å². The van der Waals surface area contributed by atoms with Gasteiger partial charge in [-0.15, -0.1) is 0 Å². The fraction of sp³-hybridized carbons (Fsp3) is 0.727. The number of nitrogens with zero attached hydrogens (tertiary/aromatic N) is 2. The van der Waals surface area contributed by atoms with E-state index in [-0.39, 0.29) is 12.8 Å². The van der Waals surface area contributed by atoms with Crippen molar-refractivity contribution in [3.63, 3.8) is 0 Å². The number of hydrogen-bond acceptors (Lipinski definition) is 2. The van der Waals surface area contributed by atoms with E-state index in [1.165, 1.54) is 0 Å². The first-order valence-corrected chi connectivity index (χ1v) is 5.66. The number of hydrogen-bond donors (Lipinski definition) is 1. The molecule has 1 fully saturated rings. The van der Waals surface area contributed by atoms with E-state index in [4.69, 9.17) is 5.73 Å². The molecule has 1 heterocycles. The molecule has 2 rings (SSSR count). The van der Waals surface area contributed by atoms with Crippen LogP contribution in [0.1, 0.15) is 31.2 Å². The number of nitrogens with two attached hydrogens (primary N) is 1. The van der Waals surface area contributed by atoms with Crippen LogP contribution in [0.4, 0.5) is 13.2 Å². The normalized spacial score (nSPS) is 30.5. The van der Waals surface area contributed by atoms with Gasteiger partial charge in [0.15, 0.2) is 0 Å². The van der Waals surface area contributed by atoms with Crippen molar-refractivity contribution in [2.45, 2.75) is 37.4 Å². The first-order chi connectivity index (χ1) is 7.81. The second-order valence-electron chi connectivity index (χ2n) is 4.89. The number of halogens is 3. The van der Waals surface area contributed by atoms with Crippen molar-refractivity contribution in [2.75, 3.05) is 0 Å². The fourth-order valence-corrected chi connectivity index (χ4v) is 2.53. The van der Waals surface area contributed by atoms with Gasteiger partial charge in [-0.25, -0.2) is 0 Å². The highest BCUT2D eigenvalue weighted by Crippen LogP contribution is 2.44. The molecule has 96 valence electrons. The van der Waals surface area contributed by atoms with Gasteiger partial charge in [0.25, 0.3) is 0 Å². The molecule has 1 aliphatic rings. The van der Waals surface area contributed by atoms with Crippen LogP contribution in [0.25, 0.3) is 0 Å². The van der Waals surface area contributed by atoms with Crippen molar-refractivity contribution in [1.82, 2.24) is 9.78 Å². The monoisotopic (exact) mass is 247 g/mol. The zero-order chi connectivity index (χ0) is 12.7. The van der Waals surface area contributed by atoms with Gasteiger partial charge in [-0.05, 0) is 19.3 Å². The van der Waals surface area contributed by atoms with Crippen molar-refractivity contribution in [3.05, 3.63) is 18.0 Å². The standard InChI is InChI=1S/C11H16F3N3/c1-17-7-9(6-16-17)10(15)4-2-3-8(5-10)11(12,13)14/h6-8H,2-5,15H2,1H3. The average Bonchev–Trinajstić information content (AvgIpc) is 2.64. The second-order valence-corrected chi connectivity index (χ2v) is 4.89. The number of aromatic nitrogens is 2. The SMILES string of the molecule is Cn1cc(C2(N)CCCC(C(F)(F)F)C2)cn1. The van der Waals surface area contributed by atoms with E-state index in [1.807, 2.05) is 0 Å². The van der Waals surface area contributed by atoms with Crippen LogP contribution in [0.3, 0.4) is 0 Å². The van der Waals surface area contributed by atoms with Gasteiger partial charge >= 0.3 is 6.18 Å². The molecule has 2 unspecified atom stereocenters. The van der Waals surface area contributed by atoms with Crippen molar-refractivity contribution >= 4 is 0 Å². The molecular weight excluding hydrogens is 231 g/mol. The molecule has 3 nitrogen and oxygen atoms in total. The van der Waals surface area contributed by atoms with Crippen LogP contribution >= 0.6 is 0 Å². The molecule has 2 atom stereocenters. The quantitative estimate of drug-likeness (QED) is 0.827. The summed E-state index contributed by atoms with van der Waals surface area (Å²) >= 11 is 0. The molecule has 6 heteroatoms. The number of alkyl halides is 3. The maximum Gasteiger partial charge on any atom is 0.391 e. The molecule has 0 aromatic carbocycles. The summed E-state index contributed by atoms with van der Waals surface area (Å²) in [7, 11) is 1.73.